The average Bonchev–Trinajstić information content (AvgIpc) is 3.31. The van der Waals surface area contributed by atoms with Gasteiger partial charge in [0.05, 0.1) is 17.9 Å². The maximum Gasteiger partial charge on any atom is 0.271 e. The first kappa shape index (κ1) is 15.9. The third-order valence-corrected chi connectivity index (χ3v) is 4.97. The van der Waals surface area contributed by atoms with Gasteiger partial charge in [0.1, 0.15) is 5.69 Å². The van der Waals surface area contributed by atoms with E-state index in [9.17, 15) is 4.79 Å². The number of carbonyl (C=O) groups is 1. The van der Waals surface area contributed by atoms with Crippen LogP contribution in [0.2, 0.25) is 5.02 Å². The fourth-order valence-corrected chi connectivity index (χ4v) is 3.57. The van der Waals surface area contributed by atoms with Crippen LogP contribution in [0.25, 0.3) is 16.2 Å². The van der Waals surface area contributed by atoms with Gasteiger partial charge in [-0.2, -0.15) is 5.10 Å². The van der Waals surface area contributed by atoms with Crippen molar-refractivity contribution in [3.8, 4) is 11.3 Å². The standard InChI is InChI=1S/C17H14ClN5OS/c1-22(8-13-6-7-19-21-13)16(24)15-10-25-17-20-14(9-23(15)17)11-2-4-12(18)5-3-11/h2-7,9-10H,8H2,1H3,(H,19,21). The van der Waals surface area contributed by atoms with Gasteiger partial charge >= 0.3 is 0 Å². The predicted molar refractivity (Wildman–Crippen MR) is 97.9 cm³/mol. The number of amides is 1. The van der Waals surface area contributed by atoms with E-state index >= 15 is 0 Å². The summed E-state index contributed by atoms with van der Waals surface area (Å²) in [6.45, 7) is 0.467. The van der Waals surface area contributed by atoms with E-state index in [0.29, 0.717) is 17.3 Å². The molecular formula is C17H14ClN5OS. The molecule has 126 valence electrons. The first-order chi connectivity index (χ1) is 12.1. The fourth-order valence-electron chi connectivity index (χ4n) is 2.59. The number of carbonyl (C=O) groups excluding carboxylic acids is 1. The Labute approximate surface area is 152 Å². The zero-order valence-electron chi connectivity index (χ0n) is 13.3. The second kappa shape index (κ2) is 6.34. The Morgan fingerprint density at radius 3 is 2.84 bits per heavy atom. The van der Waals surface area contributed by atoms with Crippen LogP contribution in [0, 0.1) is 0 Å². The van der Waals surface area contributed by atoms with Crippen LogP contribution >= 0.6 is 22.9 Å². The number of halogens is 1. The number of nitrogens with one attached hydrogen (secondary N) is 1. The molecule has 0 spiro atoms. The summed E-state index contributed by atoms with van der Waals surface area (Å²) in [5, 5.41) is 9.28. The molecule has 0 atom stereocenters. The summed E-state index contributed by atoms with van der Waals surface area (Å²) >= 11 is 7.38. The average molecular weight is 372 g/mol. The Balaban J connectivity index is 1.63. The molecule has 6 nitrogen and oxygen atoms in total. The van der Waals surface area contributed by atoms with Gasteiger partial charge in [0.15, 0.2) is 4.96 Å². The van der Waals surface area contributed by atoms with Crippen molar-refractivity contribution in [2.75, 3.05) is 7.05 Å². The minimum atomic E-state index is -0.0686. The molecule has 0 bridgehead atoms. The number of H-pyrrole nitrogens is 1. The molecule has 0 aliphatic carbocycles. The lowest BCUT2D eigenvalue weighted by Crippen LogP contribution is -2.27. The van der Waals surface area contributed by atoms with Crippen molar-refractivity contribution < 1.29 is 4.79 Å². The highest BCUT2D eigenvalue weighted by molar-refractivity contribution is 7.15. The first-order valence-electron chi connectivity index (χ1n) is 7.58. The highest BCUT2D eigenvalue weighted by atomic mass is 35.5. The number of rotatable bonds is 4. The maximum atomic E-state index is 12.8. The number of fused-ring (bicyclic) bond motifs is 1. The van der Waals surface area contributed by atoms with Crippen molar-refractivity contribution in [1.82, 2.24) is 24.5 Å². The lowest BCUT2D eigenvalue weighted by atomic mass is 10.2. The van der Waals surface area contributed by atoms with Gasteiger partial charge in [-0.15, -0.1) is 11.3 Å². The lowest BCUT2D eigenvalue weighted by Gasteiger charge is -2.15. The van der Waals surface area contributed by atoms with E-state index in [-0.39, 0.29) is 5.91 Å². The second-order valence-electron chi connectivity index (χ2n) is 5.65. The minimum Gasteiger partial charge on any atom is -0.335 e. The predicted octanol–water partition coefficient (Wildman–Crippen LogP) is 3.71. The largest absolute Gasteiger partial charge is 0.335 e. The van der Waals surface area contributed by atoms with E-state index < -0.39 is 0 Å². The molecule has 0 fully saturated rings. The van der Waals surface area contributed by atoms with Crippen molar-refractivity contribution in [2.45, 2.75) is 6.54 Å². The summed E-state index contributed by atoms with van der Waals surface area (Å²) in [5.74, 6) is -0.0686. The molecule has 0 saturated heterocycles. The molecule has 3 aromatic heterocycles. The van der Waals surface area contributed by atoms with Crippen LogP contribution in [-0.4, -0.2) is 37.4 Å². The first-order valence-corrected chi connectivity index (χ1v) is 8.84. The molecule has 4 aromatic rings. The molecule has 1 aromatic carbocycles. The molecule has 1 N–H and O–H groups in total. The van der Waals surface area contributed by atoms with Crippen molar-refractivity contribution in [3.63, 3.8) is 0 Å². The van der Waals surface area contributed by atoms with Crippen LogP contribution < -0.4 is 0 Å². The summed E-state index contributed by atoms with van der Waals surface area (Å²) in [4.78, 5) is 19.8. The summed E-state index contributed by atoms with van der Waals surface area (Å²) < 4.78 is 1.83. The molecule has 0 aliphatic rings. The third kappa shape index (κ3) is 3.04. The van der Waals surface area contributed by atoms with Crippen LogP contribution in [0.15, 0.2) is 48.1 Å². The second-order valence-corrected chi connectivity index (χ2v) is 6.92. The van der Waals surface area contributed by atoms with Crippen molar-refractivity contribution in [1.29, 1.82) is 0 Å². The summed E-state index contributed by atoms with van der Waals surface area (Å²) in [6, 6.07) is 9.34. The van der Waals surface area contributed by atoms with Gasteiger partial charge in [-0.1, -0.05) is 23.7 Å². The third-order valence-electron chi connectivity index (χ3n) is 3.88. The molecule has 0 radical (unpaired) electrons. The number of hydrogen-bond donors (Lipinski definition) is 1. The van der Waals surface area contributed by atoms with Gasteiger partial charge in [-0.25, -0.2) is 4.98 Å². The molecule has 0 saturated carbocycles. The summed E-state index contributed by atoms with van der Waals surface area (Å²) in [7, 11) is 1.77. The van der Waals surface area contributed by atoms with Gasteiger partial charge in [0.25, 0.3) is 5.91 Å². The zero-order valence-corrected chi connectivity index (χ0v) is 14.9. The van der Waals surface area contributed by atoms with Gasteiger partial charge in [-0.3, -0.25) is 14.3 Å². The number of benzene rings is 1. The fraction of sp³-hybridized carbons (Fsp3) is 0.118. The highest BCUT2D eigenvalue weighted by Crippen LogP contribution is 2.25. The quantitative estimate of drug-likeness (QED) is 0.594. The molecule has 1 amide bonds. The Bertz CT molecular complexity index is 1020. The molecule has 0 aliphatic heterocycles. The van der Waals surface area contributed by atoms with E-state index in [2.05, 4.69) is 15.2 Å². The topological polar surface area (TPSA) is 66.3 Å². The van der Waals surface area contributed by atoms with Gasteiger partial charge in [-0.05, 0) is 18.2 Å². The monoisotopic (exact) mass is 371 g/mol. The Hall–Kier alpha value is -2.64. The van der Waals surface area contributed by atoms with Crippen LogP contribution in [0.1, 0.15) is 16.2 Å². The molecule has 3 heterocycles. The Morgan fingerprint density at radius 1 is 1.32 bits per heavy atom. The number of imidazole rings is 1. The van der Waals surface area contributed by atoms with Crippen molar-refractivity contribution in [3.05, 3.63) is 64.5 Å². The van der Waals surface area contributed by atoms with E-state index in [1.54, 1.807) is 18.1 Å². The minimum absolute atomic E-state index is 0.0686. The van der Waals surface area contributed by atoms with Crippen molar-refractivity contribution >= 4 is 33.8 Å². The smallest absolute Gasteiger partial charge is 0.271 e. The molecule has 25 heavy (non-hydrogen) atoms. The number of aromatic nitrogens is 4. The number of aromatic amines is 1. The van der Waals surface area contributed by atoms with Crippen LogP contribution in [-0.2, 0) is 6.54 Å². The van der Waals surface area contributed by atoms with Crippen LogP contribution in [0.4, 0.5) is 0 Å². The van der Waals surface area contributed by atoms with E-state index in [1.165, 1.54) is 11.3 Å². The zero-order chi connectivity index (χ0) is 17.4. The Morgan fingerprint density at radius 2 is 2.12 bits per heavy atom. The van der Waals surface area contributed by atoms with Crippen molar-refractivity contribution in [2.24, 2.45) is 0 Å². The SMILES string of the molecule is CN(Cc1ccn[nH]1)C(=O)c1csc2nc(-c3ccc(Cl)cc3)cn12. The molecular weight excluding hydrogens is 358 g/mol. The van der Waals surface area contributed by atoms with E-state index in [4.69, 9.17) is 11.6 Å². The summed E-state index contributed by atoms with van der Waals surface area (Å²) in [6.07, 6.45) is 3.55. The number of nitrogens with zero attached hydrogens (tertiary/aromatic N) is 4. The Kier molecular flexibility index (Phi) is 4.03. The van der Waals surface area contributed by atoms with E-state index in [0.717, 1.165) is 21.9 Å². The number of hydrogen-bond acceptors (Lipinski definition) is 4. The highest BCUT2D eigenvalue weighted by Gasteiger charge is 2.19. The van der Waals surface area contributed by atoms with E-state index in [1.807, 2.05) is 46.3 Å². The molecule has 4 rings (SSSR count). The molecule has 0 unspecified atom stereocenters. The number of thiazole rings is 1. The van der Waals surface area contributed by atoms with Crippen LogP contribution in [0.3, 0.4) is 0 Å². The van der Waals surface area contributed by atoms with Crippen LogP contribution in [0.5, 0.6) is 0 Å². The normalized spacial score (nSPS) is 11.1. The molecule has 8 heteroatoms. The van der Waals surface area contributed by atoms with Gasteiger partial charge < -0.3 is 4.90 Å². The van der Waals surface area contributed by atoms with Gasteiger partial charge in [0.2, 0.25) is 0 Å². The lowest BCUT2D eigenvalue weighted by molar-refractivity contribution is 0.0777. The van der Waals surface area contributed by atoms with Gasteiger partial charge in [0, 0.05) is 35.4 Å². The maximum absolute atomic E-state index is 12.8. The summed E-state index contributed by atoms with van der Waals surface area (Å²) in [5.41, 5.74) is 3.25.